The van der Waals surface area contributed by atoms with Gasteiger partial charge in [-0.15, -0.1) is 19.7 Å². The highest BCUT2D eigenvalue weighted by Gasteiger charge is 2.29. The Morgan fingerprint density at radius 1 is 0.549 bits per heavy atom. The van der Waals surface area contributed by atoms with Crippen molar-refractivity contribution >= 4 is 12.2 Å². The van der Waals surface area contributed by atoms with Crippen molar-refractivity contribution in [1.29, 1.82) is 0 Å². The number of ether oxygens (including phenoxy) is 5. The fraction of sp³-hybridized carbons (Fsp3) is 0.424. The van der Waals surface area contributed by atoms with Crippen LogP contribution in [-0.2, 0) is 35.5 Å². The van der Waals surface area contributed by atoms with Gasteiger partial charge < -0.3 is 23.7 Å². The molecule has 0 aliphatic heterocycles. The largest absolute Gasteiger partial charge is 0.493 e. The summed E-state index contributed by atoms with van der Waals surface area (Å²) in [5.41, 5.74) is 10.5. The number of allylic oxidation sites excluding steroid dienone is 4. The first kappa shape index (κ1) is 51.7. The van der Waals surface area contributed by atoms with Crippen molar-refractivity contribution in [3.8, 4) is 17.2 Å². The summed E-state index contributed by atoms with van der Waals surface area (Å²) in [6.07, 6.45) is 31.6. The van der Waals surface area contributed by atoms with E-state index in [9.17, 15) is 0 Å². The maximum atomic E-state index is 7.20. The number of hydrogen-bond donors (Lipinski definition) is 0. The molecule has 0 amide bonds. The van der Waals surface area contributed by atoms with Gasteiger partial charge in [-0.05, 0) is 164 Å². The van der Waals surface area contributed by atoms with E-state index in [-0.39, 0.29) is 12.2 Å². The lowest BCUT2D eigenvalue weighted by Crippen LogP contribution is -2.29. The van der Waals surface area contributed by atoms with Gasteiger partial charge in [0, 0.05) is 24.8 Å². The molecule has 5 nitrogen and oxygen atoms in total. The molecule has 4 aromatic carbocycles. The van der Waals surface area contributed by atoms with Crippen molar-refractivity contribution < 1.29 is 23.7 Å². The quantitative estimate of drug-likeness (QED) is 0.0655. The molecule has 5 heteroatoms. The van der Waals surface area contributed by atoms with E-state index in [0.29, 0.717) is 68.4 Å². The molecule has 4 unspecified atom stereocenters. The van der Waals surface area contributed by atoms with Crippen molar-refractivity contribution in [1.82, 2.24) is 0 Å². The van der Waals surface area contributed by atoms with Crippen molar-refractivity contribution in [2.45, 2.75) is 122 Å². The van der Waals surface area contributed by atoms with Crippen LogP contribution in [0.5, 0.6) is 17.2 Å². The maximum Gasteiger partial charge on any atom is 0.126 e. The monoisotopic (exact) mass is 953 g/mol. The first-order valence-corrected chi connectivity index (χ1v) is 26.8. The molecule has 0 radical (unpaired) electrons. The van der Waals surface area contributed by atoms with E-state index in [0.717, 1.165) is 96.6 Å². The molecule has 71 heavy (non-hydrogen) atoms. The predicted molar refractivity (Wildman–Crippen MR) is 295 cm³/mol. The average molecular weight is 953 g/mol. The molecule has 0 spiro atoms. The molecule has 8 rings (SSSR count). The zero-order chi connectivity index (χ0) is 49.4. The molecule has 0 heterocycles. The highest BCUT2D eigenvalue weighted by molar-refractivity contribution is 5.52. The summed E-state index contributed by atoms with van der Waals surface area (Å²) in [5, 5.41) is 0. The molecule has 374 valence electrons. The molecule has 0 N–H and O–H groups in total. The molecule has 4 aromatic rings. The minimum Gasteiger partial charge on any atom is -0.493 e. The van der Waals surface area contributed by atoms with Crippen LogP contribution in [0.4, 0.5) is 0 Å². The summed E-state index contributed by atoms with van der Waals surface area (Å²) in [5.74, 6) is 5.84. The second kappa shape index (κ2) is 26.2. The van der Waals surface area contributed by atoms with Crippen LogP contribution < -0.4 is 14.2 Å². The fourth-order valence-electron chi connectivity index (χ4n) is 11.0. The molecule has 4 aliphatic rings. The lowest BCUT2D eigenvalue weighted by Gasteiger charge is -2.31. The third-order valence-corrected chi connectivity index (χ3v) is 15.8. The number of aryl methyl sites for hydroxylation is 1. The zero-order valence-corrected chi connectivity index (χ0v) is 42.8. The zero-order valence-electron chi connectivity index (χ0n) is 42.8. The van der Waals surface area contributed by atoms with Gasteiger partial charge in [0.15, 0.2) is 0 Å². The van der Waals surface area contributed by atoms with E-state index < -0.39 is 0 Å². The van der Waals surface area contributed by atoms with Gasteiger partial charge >= 0.3 is 0 Å². The van der Waals surface area contributed by atoms with Gasteiger partial charge in [-0.1, -0.05) is 134 Å². The van der Waals surface area contributed by atoms with Crippen molar-refractivity contribution in [2.24, 2.45) is 35.5 Å². The highest BCUT2D eigenvalue weighted by atomic mass is 16.5. The van der Waals surface area contributed by atoms with Gasteiger partial charge in [0.2, 0.25) is 0 Å². The molecule has 0 aromatic heterocycles. The molecule has 4 atom stereocenters. The van der Waals surface area contributed by atoms with Gasteiger partial charge in [0.1, 0.15) is 17.2 Å². The Balaban J connectivity index is 1.07. The lowest BCUT2D eigenvalue weighted by atomic mass is 9.82. The second-order valence-corrected chi connectivity index (χ2v) is 21.0. The van der Waals surface area contributed by atoms with Crippen LogP contribution >= 0.6 is 0 Å². The molecule has 2 fully saturated rings. The Morgan fingerprint density at radius 2 is 1.15 bits per heavy atom. The fourth-order valence-corrected chi connectivity index (χ4v) is 11.0. The van der Waals surface area contributed by atoms with E-state index >= 15 is 0 Å². The number of hydrogen-bond acceptors (Lipinski definition) is 5. The third kappa shape index (κ3) is 15.0. The van der Waals surface area contributed by atoms with Gasteiger partial charge in [0.25, 0.3) is 0 Å². The first-order chi connectivity index (χ1) is 34.8. The summed E-state index contributed by atoms with van der Waals surface area (Å²) in [6, 6.07) is 28.1. The predicted octanol–water partition coefficient (Wildman–Crippen LogP) is 16.2. The Hall–Kier alpha value is -5.62. The molecule has 0 saturated heterocycles. The summed E-state index contributed by atoms with van der Waals surface area (Å²) in [6.45, 7) is 25.4. The standard InChI is InChI=1S/C66H80O5/c1-7-48-12-22-53(23-13-48)42-67-62-34-32-58(64(40-62)69-44-55-26-16-50(9-3)17-27-55)38-60-36-47(6)37-61(66(60)71-46-57-30-20-52(11-5)21-31-57)39-59-33-35-63(68-43-54-24-14-49(8-2)15-25-54)41-65(59)70-45-56-28-18-51(10-4)19-29-56/h7-13,16-18,22-23,26-28,32-33,35-37,41,49,51-52,54,56-57,62,64H,1-5,14-15,19-21,24-25,29-31,34,38-40,42-46H2,6H3. The normalized spacial score (nSPS) is 24.3. The van der Waals surface area contributed by atoms with E-state index in [2.05, 4.69) is 155 Å². The van der Waals surface area contributed by atoms with Gasteiger partial charge in [0.05, 0.1) is 45.2 Å². The average Bonchev–Trinajstić information content (AvgIpc) is 3.42. The maximum absolute atomic E-state index is 7.20. The minimum atomic E-state index is -0.123. The Kier molecular flexibility index (Phi) is 19.1. The molecular weight excluding hydrogens is 873 g/mol. The van der Waals surface area contributed by atoms with Crippen LogP contribution in [-0.4, -0.2) is 32.0 Å². The Morgan fingerprint density at radius 3 is 1.73 bits per heavy atom. The van der Waals surface area contributed by atoms with Crippen LogP contribution in [0.25, 0.3) is 12.2 Å². The smallest absolute Gasteiger partial charge is 0.126 e. The van der Waals surface area contributed by atoms with E-state index in [4.69, 9.17) is 23.7 Å². The minimum absolute atomic E-state index is 0.0330. The van der Waals surface area contributed by atoms with Gasteiger partial charge in [-0.2, -0.15) is 0 Å². The Labute approximate surface area is 427 Å². The topological polar surface area (TPSA) is 46.2 Å². The Bertz CT molecular complexity index is 2440. The SMILES string of the molecule is C=Cc1ccc(COC2CC=C(Cc3cc(C)cc(Cc4ccc(OCC5CCC(C=C)CC5)cc4OCC4C=CC(C=C)CC4)c3OCC3CCC(C=C)CC3)C(OCc3ccc(C=C)cc3)C2)cc1. The third-order valence-electron chi connectivity index (χ3n) is 15.8. The summed E-state index contributed by atoms with van der Waals surface area (Å²) in [7, 11) is 0. The van der Waals surface area contributed by atoms with Crippen LogP contribution in [0.1, 0.15) is 122 Å². The van der Waals surface area contributed by atoms with Gasteiger partial charge in [-0.25, -0.2) is 0 Å². The number of benzene rings is 4. The molecule has 0 bridgehead atoms. The van der Waals surface area contributed by atoms with Crippen LogP contribution in [0.3, 0.4) is 0 Å². The van der Waals surface area contributed by atoms with E-state index in [1.807, 2.05) is 12.2 Å². The molecular formula is C66H80O5. The lowest BCUT2D eigenvalue weighted by molar-refractivity contribution is -0.0226. The van der Waals surface area contributed by atoms with Crippen LogP contribution in [0, 0.1) is 42.4 Å². The van der Waals surface area contributed by atoms with Crippen molar-refractivity contribution in [3.63, 3.8) is 0 Å². The van der Waals surface area contributed by atoms with Crippen LogP contribution in [0.15, 0.2) is 154 Å². The second-order valence-electron chi connectivity index (χ2n) is 21.0. The number of rotatable bonds is 24. The molecule has 4 aliphatic carbocycles. The first-order valence-electron chi connectivity index (χ1n) is 26.8. The van der Waals surface area contributed by atoms with Gasteiger partial charge in [-0.3, -0.25) is 0 Å². The summed E-state index contributed by atoms with van der Waals surface area (Å²) < 4.78 is 34.2. The van der Waals surface area contributed by atoms with E-state index in [1.54, 1.807) is 0 Å². The summed E-state index contributed by atoms with van der Waals surface area (Å²) in [4.78, 5) is 0. The summed E-state index contributed by atoms with van der Waals surface area (Å²) >= 11 is 0. The van der Waals surface area contributed by atoms with Crippen LogP contribution in [0.2, 0.25) is 0 Å². The van der Waals surface area contributed by atoms with E-state index in [1.165, 1.54) is 60.8 Å². The molecule has 2 saturated carbocycles. The van der Waals surface area contributed by atoms with Crippen molar-refractivity contribution in [2.75, 3.05) is 19.8 Å². The highest BCUT2D eigenvalue weighted by Crippen LogP contribution is 2.39. The van der Waals surface area contributed by atoms with Crippen molar-refractivity contribution in [3.05, 3.63) is 198 Å².